The van der Waals surface area contributed by atoms with Crippen molar-refractivity contribution in [1.29, 1.82) is 0 Å². The van der Waals surface area contributed by atoms with Crippen molar-refractivity contribution < 1.29 is 14.3 Å². The molecule has 1 aromatic heterocycles. The van der Waals surface area contributed by atoms with E-state index in [0.29, 0.717) is 27.8 Å². The zero-order valence-corrected chi connectivity index (χ0v) is 18.0. The number of benzene rings is 2. The van der Waals surface area contributed by atoms with E-state index >= 15 is 0 Å². The molecule has 2 amide bonds. The smallest absolute Gasteiger partial charge is 0.262 e. The van der Waals surface area contributed by atoms with Gasteiger partial charge in [-0.1, -0.05) is 31.2 Å². The second-order valence-corrected chi connectivity index (χ2v) is 7.35. The van der Waals surface area contributed by atoms with Crippen molar-refractivity contribution in [2.45, 2.75) is 32.7 Å². The number of hydrogen-bond donors (Lipinski definition) is 2. The van der Waals surface area contributed by atoms with E-state index in [1.807, 2.05) is 13.8 Å². The Balaban J connectivity index is 1.91. The fraction of sp³-hybridized carbons (Fsp3) is 0.292. The Bertz CT molecular complexity index is 1150. The maximum atomic E-state index is 13.1. The molecule has 31 heavy (non-hydrogen) atoms. The minimum absolute atomic E-state index is 0.0959. The zero-order valence-electron chi connectivity index (χ0n) is 18.0. The number of ether oxygens (including phenoxy) is 1. The number of hydrogen-bond acceptors (Lipinski definition) is 4. The van der Waals surface area contributed by atoms with Crippen molar-refractivity contribution in [3.63, 3.8) is 0 Å². The number of rotatable bonds is 8. The highest BCUT2D eigenvalue weighted by Gasteiger charge is 2.16. The van der Waals surface area contributed by atoms with Crippen molar-refractivity contribution in [2.24, 2.45) is 0 Å². The van der Waals surface area contributed by atoms with Crippen LogP contribution < -0.4 is 20.9 Å². The quantitative estimate of drug-likeness (QED) is 0.585. The molecule has 3 rings (SSSR count). The van der Waals surface area contributed by atoms with Gasteiger partial charge in [0.2, 0.25) is 5.91 Å². The lowest BCUT2D eigenvalue weighted by molar-refractivity contribution is -0.121. The molecule has 1 unspecified atom stereocenters. The number of pyridine rings is 1. The third kappa shape index (κ3) is 5.12. The van der Waals surface area contributed by atoms with Crippen LogP contribution in [0.1, 0.15) is 37.0 Å². The molecule has 7 heteroatoms. The molecule has 0 saturated carbocycles. The van der Waals surface area contributed by atoms with Crippen LogP contribution in [-0.4, -0.2) is 36.1 Å². The first-order valence-electron chi connectivity index (χ1n) is 10.3. The Kier molecular flexibility index (Phi) is 7.07. The van der Waals surface area contributed by atoms with Crippen LogP contribution >= 0.6 is 0 Å². The molecule has 3 aromatic rings. The van der Waals surface area contributed by atoms with Gasteiger partial charge in [-0.05, 0) is 31.5 Å². The van der Waals surface area contributed by atoms with Gasteiger partial charge in [0.1, 0.15) is 5.75 Å². The van der Waals surface area contributed by atoms with Gasteiger partial charge in [-0.3, -0.25) is 19.0 Å². The van der Waals surface area contributed by atoms with Gasteiger partial charge in [-0.15, -0.1) is 0 Å². The zero-order chi connectivity index (χ0) is 22.4. The molecule has 7 nitrogen and oxygen atoms in total. The van der Waals surface area contributed by atoms with Crippen molar-refractivity contribution in [1.82, 2.24) is 15.2 Å². The summed E-state index contributed by atoms with van der Waals surface area (Å²) >= 11 is 0. The van der Waals surface area contributed by atoms with Crippen LogP contribution in [-0.2, 0) is 4.79 Å². The maximum Gasteiger partial charge on any atom is 0.262 e. The highest BCUT2D eigenvalue weighted by molar-refractivity contribution is 6.06. The first kappa shape index (κ1) is 22.1. The van der Waals surface area contributed by atoms with Crippen LogP contribution in [0.15, 0.2) is 59.5 Å². The van der Waals surface area contributed by atoms with E-state index in [0.717, 1.165) is 6.42 Å². The molecule has 2 N–H and O–H groups in total. The molecule has 2 aromatic carbocycles. The van der Waals surface area contributed by atoms with Crippen LogP contribution in [0.4, 0.5) is 0 Å². The highest BCUT2D eigenvalue weighted by atomic mass is 16.5. The molecule has 1 atom stereocenters. The number of carbonyl (C=O) groups is 2. The molecule has 0 aliphatic heterocycles. The number of aromatic nitrogens is 1. The first-order chi connectivity index (χ1) is 14.9. The third-order valence-electron chi connectivity index (χ3n) is 5.16. The number of nitrogens with one attached hydrogen (secondary N) is 2. The molecule has 0 bridgehead atoms. The number of carbonyl (C=O) groups excluding carboxylic acids is 2. The Morgan fingerprint density at radius 2 is 1.84 bits per heavy atom. The highest BCUT2D eigenvalue weighted by Crippen LogP contribution is 2.20. The molecule has 0 saturated heterocycles. The minimum atomic E-state index is -0.343. The predicted molar refractivity (Wildman–Crippen MR) is 121 cm³/mol. The van der Waals surface area contributed by atoms with E-state index in [-0.39, 0.29) is 36.4 Å². The van der Waals surface area contributed by atoms with Crippen LogP contribution in [0.3, 0.4) is 0 Å². The lowest BCUT2D eigenvalue weighted by Gasteiger charge is -2.14. The van der Waals surface area contributed by atoms with Gasteiger partial charge < -0.3 is 15.4 Å². The van der Waals surface area contributed by atoms with E-state index in [9.17, 15) is 14.4 Å². The second-order valence-electron chi connectivity index (χ2n) is 7.35. The number of nitrogens with zero attached hydrogens (tertiary/aromatic N) is 1. The molecule has 162 valence electrons. The second kappa shape index (κ2) is 9.93. The van der Waals surface area contributed by atoms with E-state index in [1.165, 1.54) is 10.8 Å². The lowest BCUT2D eigenvalue weighted by Crippen LogP contribution is -2.35. The maximum absolute atomic E-state index is 13.1. The molecule has 0 fully saturated rings. The predicted octanol–water partition coefficient (Wildman–Crippen LogP) is 3.03. The van der Waals surface area contributed by atoms with E-state index in [2.05, 4.69) is 10.6 Å². The lowest BCUT2D eigenvalue weighted by atomic mass is 10.1. The van der Waals surface area contributed by atoms with Gasteiger partial charge in [0.25, 0.3) is 11.5 Å². The van der Waals surface area contributed by atoms with Gasteiger partial charge in [-0.2, -0.15) is 0 Å². The van der Waals surface area contributed by atoms with Gasteiger partial charge >= 0.3 is 0 Å². The van der Waals surface area contributed by atoms with Crippen LogP contribution in [0.25, 0.3) is 16.5 Å². The Morgan fingerprint density at radius 1 is 1.10 bits per heavy atom. The summed E-state index contributed by atoms with van der Waals surface area (Å²) in [6.07, 6.45) is 2.56. The van der Waals surface area contributed by atoms with Gasteiger partial charge in [0.15, 0.2) is 0 Å². The SMILES string of the molecule is CCC(C)NC(=O)CCNC(=O)c1cn(-c2cccc(OC)c2)c(=O)c2ccccc12. The van der Waals surface area contributed by atoms with Crippen molar-refractivity contribution in [3.05, 3.63) is 70.6 Å². The van der Waals surface area contributed by atoms with E-state index in [4.69, 9.17) is 4.74 Å². The first-order valence-corrected chi connectivity index (χ1v) is 10.3. The molecule has 0 aliphatic rings. The van der Waals surface area contributed by atoms with Crippen molar-refractivity contribution in [3.8, 4) is 11.4 Å². The molecule has 1 heterocycles. The summed E-state index contributed by atoms with van der Waals surface area (Å²) in [7, 11) is 1.55. The fourth-order valence-electron chi connectivity index (χ4n) is 3.26. The molecule has 0 aliphatic carbocycles. The van der Waals surface area contributed by atoms with Crippen molar-refractivity contribution >= 4 is 22.6 Å². The summed E-state index contributed by atoms with van der Waals surface area (Å²) in [5.41, 5.74) is 0.728. The number of methoxy groups -OCH3 is 1. The summed E-state index contributed by atoms with van der Waals surface area (Å²) in [6, 6.07) is 14.2. The Hall–Kier alpha value is -3.61. The average molecular weight is 421 g/mol. The largest absolute Gasteiger partial charge is 0.497 e. The normalized spacial score (nSPS) is 11.7. The van der Waals surface area contributed by atoms with Gasteiger partial charge in [0, 0.05) is 42.0 Å². The molecular formula is C24H27N3O4. The standard InChI is InChI=1S/C24H27N3O4/c1-4-16(2)26-22(28)12-13-25-23(29)21-15-27(17-8-7-9-18(14-17)31-3)24(30)20-11-6-5-10-19(20)21/h5-11,14-16H,4,12-13H2,1-3H3,(H,25,29)(H,26,28). The summed E-state index contributed by atoms with van der Waals surface area (Å²) in [5, 5.41) is 6.67. The van der Waals surface area contributed by atoms with Gasteiger partial charge in [-0.25, -0.2) is 0 Å². The van der Waals surface area contributed by atoms with Crippen LogP contribution in [0.5, 0.6) is 5.75 Å². The minimum Gasteiger partial charge on any atom is -0.497 e. The summed E-state index contributed by atoms with van der Waals surface area (Å²) in [4.78, 5) is 38.0. The van der Waals surface area contributed by atoms with Crippen LogP contribution in [0, 0.1) is 0 Å². The van der Waals surface area contributed by atoms with Gasteiger partial charge in [0.05, 0.1) is 18.4 Å². The molecule has 0 spiro atoms. The molecular weight excluding hydrogens is 394 g/mol. The monoisotopic (exact) mass is 421 g/mol. The number of fused-ring (bicyclic) bond motifs is 1. The summed E-state index contributed by atoms with van der Waals surface area (Å²) in [6.45, 7) is 4.13. The Morgan fingerprint density at radius 3 is 2.55 bits per heavy atom. The third-order valence-corrected chi connectivity index (χ3v) is 5.16. The van der Waals surface area contributed by atoms with E-state index < -0.39 is 0 Å². The Labute approximate surface area is 181 Å². The van der Waals surface area contributed by atoms with Crippen LogP contribution in [0.2, 0.25) is 0 Å². The fourth-order valence-corrected chi connectivity index (χ4v) is 3.26. The summed E-state index contributed by atoms with van der Waals surface area (Å²) in [5.74, 6) is 0.154. The average Bonchev–Trinajstić information content (AvgIpc) is 2.79. The topological polar surface area (TPSA) is 89.4 Å². The molecule has 0 radical (unpaired) electrons. The summed E-state index contributed by atoms with van der Waals surface area (Å²) < 4.78 is 6.70. The van der Waals surface area contributed by atoms with Crippen molar-refractivity contribution in [2.75, 3.05) is 13.7 Å². The number of amides is 2. The van der Waals surface area contributed by atoms with E-state index in [1.54, 1.807) is 55.6 Å².